The van der Waals surface area contributed by atoms with Gasteiger partial charge in [0, 0.05) is 37.2 Å². The number of esters is 1. The van der Waals surface area contributed by atoms with Gasteiger partial charge in [-0.3, -0.25) is 14.6 Å². The molecule has 5 rings (SSSR count). The number of aryl methyl sites for hydroxylation is 1. The number of cyclic esters (lactones) is 1. The smallest absolute Gasteiger partial charge is 0.425 e. The highest BCUT2D eigenvalue weighted by Gasteiger charge is 2.62. The van der Waals surface area contributed by atoms with Gasteiger partial charge >= 0.3 is 12.1 Å². The molecule has 4 aliphatic rings. The van der Waals surface area contributed by atoms with Gasteiger partial charge in [0.15, 0.2) is 17.7 Å². The van der Waals surface area contributed by atoms with E-state index in [9.17, 15) is 23.9 Å². The van der Waals surface area contributed by atoms with Crippen LogP contribution in [0.4, 0.5) is 9.18 Å². The van der Waals surface area contributed by atoms with Crippen LogP contribution in [0.15, 0.2) is 29.3 Å². The van der Waals surface area contributed by atoms with E-state index in [1.165, 1.54) is 19.1 Å². The minimum atomic E-state index is -1.30. The van der Waals surface area contributed by atoms with Gasteiger partial charge in [-0.05, 0) is 97.5 Å². The van der Waals surface area contributed by atoms with Gasteiger partial charge in [0.05, 0.1) is 17.8 Å². The van der Waals surface area contributed by atoms with Crippen LogP contribution >= 0.6 is 0 Å². The van der Waals surface area contributed by atoms with E-state index in [-0.39, 0.29) is 36.5 Å². The van der Waals surface area contributed by atoms with E-state index in [1.807, 2.05) is 57.8 Å². The quantitative estimate of drug-likeness (QED) is 0.267. The lowest BCUT2D eigenvalue weighted by Crippen LogP contribution is -2.61. The van der Waals surface area contributed by atoms with Gasteiger partial charge < -0.3 is 33.7 Å². The van der Waals surface area contributed by atoms with Crippen molar-refractivity contribution in [3.8, 4) is 0 Å². The third-order valence-electron chi connectivity index (χ3n) is 12.6. The summed E-state index contributed by atoms with van der Waals surface area (Å²) in [5.74, 6) is -4.15. The summed E-state index contributed by atoms with van der Waals surface area (Å²) in [4.78, 5) is 49.4. The van der Waals surface area contributed by atoms with E-state index in [1.54, 1.807) is 32.0 Å². The summed E-state index contributed by atoms with van der Waals surface area (Å²) in [6.45, 7) is 15.4. The van der Waals surface area contributed by atoms with Gasteiger partial charge in [-0.1, -0.05) is 39.8 Å². The monoisotopic (exact) mass is 774 g/mol. The first-order chi connectivity index (χ1) is 25.9. The van der Waals surface area contributed by atoms with Gasteiger partial charge in [0.1, 0.15) is 36.7 Å². The number of Topliss-reactive ketones (excluding diaryl/α,β-unsaturated/α-hetero) is 1. The highest BCUT2D eigenvalue weighted by Crippen LogP contribution is 2.45. The number of aliphatic hydroxyl groups excluding tert-OH is 1. The van der Waals surface area contributed by atoms with Crippen LogP contribution in [-0.2, 0) is 39.7 Å². The molecule has 3 saturated heterocycles. The van der Waals surface area contributed by atoms with Crippen molar-refractivity contribution in [3.05, 3.63) is 35.6 Å². The lowest BCUT2D eigenvalue weighted by Gasteiger charge is -2.47. The Labute approximate surface area is 325 Å². The molecule has 13 atom stereocenters. The van der Waals surface area contributed by atoms with Crippen LogP contribution < -0.4 is 0 Å². The van der Waals surface area contributed by atoms with Gasteiger partial charge in [-0.15, -0.1) is 0 Å². The van der Waals surface area contributed by atoms with Crippen LogP contribution in [0.1, 0.15) is 86.6 Å². The summed E-state index contributed by atoms with van der Waals surface area (Å²) < 4.78 is 45.6. The second-order valence-electron chi connectivity index (χ2n) is 16.8. The molecular weight excluding hydrogens is 711 g/mol. The third-order valence-corrected chi connectivity index (χ3v) is 12.6. The molecular formula is C41H63FN4O9. The van der Waals surface area contributed by atoms with Crippen LogP contribution in [0.25, 0.3) is 0 Å². The van der Waals surface area contributed by atoms with Gasteiger partial charge in [-0.2, -0.15) is 5.01 Å². The topological polar surface area (TPSA) is 140 Å². The summed E-state index contributed by atoms with van der Waals surface area (Å²) in [6, 6.07) is 5.60. The van der Waals surface area contributed by atoms with Crippen LogP contribution in [0.3, 0.4) is 0 Å². The molecule has 0 spiro atoms. The number of carbonyl (C=O) groups excluding carboxylic acids is 3. The van der Waals surface area contributed by atoms with Crippen molar-refractivity contribution in [3.63, 3.8) is 0 Å². The summed E-state index contributed by atoms with van der Waals surface area (Å²) in [5.41, 5.74) is -0.776. The first kappa shape index (κ1) is 43.1. The van der Waals surface area contributed by atoms with Crippen molar-refractivity contribution in [1.82, 2.24) is 14.9 Å². The molecule has 0 aromatic heterocycles. The van der Waals surface area contributed by atoms with E-state index in [0.29, 0.717) is 38.6 Å². The van der Waals surface area contributed by atoms with E-state index in [2.05, 4.69) is 6.92 Å². The fraction of sp³-hybridized carbons (Fsp3) is 0.756. The fourth-order valence-electron chi connectivity index (χ4n) is 9.51. The summed E-state index contributed by atoms with van der Waals surface area (Å²) in [5, 5.41) is 15.0. The maximum absolute atomic E-state index is 14.3. The lowest BCUT2D eigenvalue weighted by molar-refractivity contribution is -0.295. The predicted molar refractivity (Wildman–Crippen MR) is 203 cm³/mol. The Morgan fingerprint density at radius 3 is 2.44 bits per heavy atom. The van der Waals surface area contributed by atoms with E-state index >= 15 is 0 Å². The third kappa shape index (κ3) is 8.64. The number of hydrogen-bond donors (Lipinski definition) is 1. The van der Waals surface area contributed by atoms with Gasteiger partial charge in [0.2, 0.25) is 0 Å². The number of aliphatic hydroxyl groups is 1. The summed E-state index contributed by atoms with van der Waals surface area (Å²) in [6.07, 6.45) is -2.28. The highest BCUT2D eigenvalue weighted by atomic mass is 19.1. The van der Waals surface area contributed by atoms with Crippen molar-refractivity contribution in [1.29, 1.82) is 0 Å². The molecule has 14 heteroatoms. The Balaban J connectivity index is 1.56. The van der Waals surface area contributed by atoms with Crippen LogP contribution in [-0.4, -0.2) is 132 Å². The van der Waals surface area contributed by atoms with Crippen molar-refractivity contribution >= 4 is 23.6 Å². The molecule has 0 saturated carbocycles. The van der Waals surface area contributed by atoms with Crippen LogP contribution in [0.5, 0.6) is 0 Å². The van der Waals surface area contributed by atoms with E-state index < -0.39 is 71.5 Å². The molecule has 1 unspecified atom stereocenters. The van der Waals surface area contributed by atoms with E-state index in [0.717, 1.165) is 11.3 Å². The molecule has 13 nitrogen and oxygen atoms in total. The number of likely N-dealkylation sites (N-methyl/N-ethyl adjacent to an activating group) is 1. The Morgan fingerprint density at radius 1 is 1.09 bits per heavy atom. The maximum Gasteiger partial charge on any atom is 0.425 e. The van der Waals surface area contributed by atoms with Crippen LogP contribution in [0.2, 0.25) is 0 Å². The SMILES string of the molecule is CC[C@@H]1OC(=O)C(C)C(=O)[C@H](C)[C@@H](O[C@@H]2O[C@H](C)C[C@H](N(C)C)[C@H]2O)[C@@](C)(OC)C[C@@H](C)C2=NCN(CCCc3cccc(F)c3)N3C(=O)O[C@@]1(C)[C@H]3[C@@H]2C. The molecule has 308 valence electrons. The number of methoxy groups -OCH3 is 1. The molecule has 55 heavy (non-hydrogen) atoms. The molecule has 0 radical (unpaired) electrons. The molecule has 1 aromatic carbocycles. The molecule has 2 bridgehead atoms. The van der Waals surface area contributed by atoms with Crippen molar-refractivity contribution in [2.24, 2.45) is 28.7 Å². The normalized spacial score (nSPS) is 39.3. The Bertz CT molecular complexity index is 1580. The molecule has 0 aliphatic carbocycles. The number of benzene rings is 1. The number of hydrogen-bond acceptors (Lipinski definition) is 12. The first-order valence-corrected chi connectivity index (χ1v) is 19.9. The Morgan fingerprint density at radius 2 is 1.80 bits per heavy atom. The second-order valence-corrected chi connectivity index (χ2v) is 16.8. The molecule has 4 heterocycles. The maximum atomic E-state index is 14.3. The van der Waals surface area contributed by atoms with Crippen LogP contribution in [0, 0.1) is 29.5 Å². The van der Waals surface area contributed by atoms with Gasteiger partial charge in [0.25, 0.3) is 0 Å². The number of amides is 1. The number of ether oxygens (including phenoxy) is 5. The van der Waals surface area contributed by atoms with Gasteiger partial charge in [-0.25, -0.2) is 14.2 Å². The molecule has 1 N–H and O–H groups in total. The molecule has 1 aromatic rings. The zero-order valence-corrected chi connectivity index (χ0v) is 34.5. The average Bonchev–Trinajstić information content (AvgIpc) is 3.31. The molecule has 4 aliphatic heterocycles. The number of fused-ring (bicyclic) bond motifs is 1. The molecule has 3 fully saturated rings. The van der Waals surface area contributed by atoms with E-state index in [4.69, 9.17) is 28.7 Å². The number of nitrogens with zero attached hydrogens (tertiary/aromatic N) is 4. The second kappa shape index (κ2) is 17.2. The Hall–Kier alpha value is -3.01. The average molecular weight is 775 g/mol. The van der Waals surface area contributed by atoms with Crippen molar-refractivity contribution in [2.75, 3.05) is 34.4 Å². The number of carbonyl (C=O) groups is 3. The fourth-order valence-corrected chi connectivity index (χ4v) is 9.51. The summed E-state index contributed by atoms with van der Waals surface area (Å²) >= 11 is 0. The minimum absolute atomic E-state index is 0.160. The number of ketones is 1. The highest BCUT2D eigenvalue weighted by molar-refractivity contribution is 6.00. The summed E-state index contributed by atoms with van der Waals surface area (Å²) in [7, 11) is 5.35. The number of rotatable bonds is 9. The standard InChI is InChI=1S/C41H63FN4O9/c1-12-31-41(8)35-25(4)32(43-22-45(46(35)39(50)55-41)18-14-16-28-15-13-17-29(42)20-28)23(2)21-40(7,51-11)36(26(5)33(47)27(6)37(49)53-31)54-38-34(48)30(44(9)10)19-24(3)52-38/h13,15,17,20,23-27,30-31,34-36,38,48H,12,14,16,18-19,21-22H2,1-11H3/t23-,24-,25-,26+,27?,30+,31+,34-,35-,36-,38+,40+,41-/m1/s1. The number of halogens is 1. The molecule has 1 amide bonds. The lowest BCUT2D eigenvalue weighted by atomic mass is 9.73. The number of aliphatic imine (C=N–C) groups is 1. The first-order valence-electron chi connectivity index (χ1n) is 19.9. The van der Waals surface area contributed by atoms with Crippen molar-refractivity contribution in [2.45, 2.75) is 141 Å². The van der Waals surface area contributed by atoms with Crippen molar-refractivity contribution < 1.29 is 47.6 Å². The Kier molecular flexibility index (Phi) is 13.5. The zero-order chi connectivity index (χ0) is 40.6. The minimum Gasteiger partial charge on any atom is -0.458 e. The number of hydrazine groups is 1. The largest absolute Gasteiger partial charge is 0.458 e. The predicted octanol–water partition coefficient (Wildman–Crippen LogP) is 5.02. The zero-order valence-electron chi connectivity index (χ0n) is 34.5.